The summed E-state index contributed by atoms with van der Waals surface area (Å²) >= 11 is 0. The van der Waals surface area contributed by atoms with Crippen molar-refractivity contribution >= 4 is 6.34 Å². The van der Waals surface area contributed by atoms with Crippen LogP contribution in [0.2, 0.25) is 0 Å². The molecule has 0 aromatic carbocycles. The van der Waals surface area contributed by atoms with Gasteiger partial charge in [-0.15, -0.1) is 0 Å². The minimum atomic E-state index is 0.0492. The van der Waals surface area contributed by atoms with E-state index in [9.17, 15) is 0 Å². The summed E-state index contributed by atoms with van der Waals surface area (Å²) in [5, 5.41) is 16.9. The van der Waals surface area contributed by atoms with E-state index in [2.05, 4.69) is 4.99 Å². The monoisotopic (exact) mass is 162 g/mol. The van der Waals surface area contributed by atoms with Crippen molar-refractivity contribution in [3.63, 3.8) is 0 Å². The van der Waals surface area contributed by atoms with Crippen molar-refractivity contribution in [2.75, 3.05) is 14.1 Å². The van der Waals surface area contributed by atoms with Gasteiger partial charge in [0.1, 0.15) is 12.1 Å². The quantitative estimate of drug-likeness (QED) is 0.344. The maximum Gasteiger partial charge on any atom is 0.150 e. The number of aliphatic imine (C=N–C) groups is 1. The summed E-state index contributed by atoms with van der Waals surface area (Å²) < 4.78 is 0. The molecule has 4 heteroatoms. The average Bonchev–Trinajstić information content (AvgIpc) is 2.03. The SMILES string of the molecule is CC(N=CN(C)C)=C(C#N)C#N. The van der Waals surface area contributed by atoms with Crippen molar-refractivity contribution in [1.82, 2.24) is 4.90 Å². The smallest absolute Gasteiger partial charge is 0.150 e. The van der Waals surface area contributed by atoms with E-state index in [-0.39, 0.29) is 5.57 Å². The number of nitriles is 2. The zero-order valence-corrected chi connectivity index (χ0v) is 7.37. The van der Waals surface area contributed by atoms with Crippen LogP contribution in [0, 0.1) is 22.7 Å². The number of allylic oxidation sites excluding steroid dienone is 2. The maximum absolute atomic E-state index is 8.44. The molecule has 62 valence electrons. The van der Waals surface area contributed by atoms with Gasteiger partial charge in [0.05, 0.1) is 12.0 Å². The van der Waals surface area contributed by atoms with Crippen LogP contribution in [0.3, 0.4) is 0 Å². The summed E-state index contributed by atoms with van der Waals surface area (Å²) in [5.74, 6) is 0. The second-order valence-electron chi connectivity index (χ2n) is 2.39. The first-order valence-electron chi connectivity index (χ1n) is 3.33. The van der Waals surface area contributed by atoms with Gasteiger partial charge in [-0.1, -0.05) is 0 Å². The van der Waals surface area contributed by atoms with Crippen molar-refractivity contribution in [2.24, 2.45) is 4.99 Å². The molecule has 0 aliphatic rings. The van der Waals surface area contributed by atoms with E-state index >= 15 is 0 Å². The number of hydrogen-bond acceptors (Lipinski definition) is 3. The van der Waals surface area contributed by atoms with Crippen LogP contribution in [-0.2, 0) is 0 Å². The van der Waals surface area contributed by atoms with Crippen LogP contribution in [0.25, 0.3) is 0 Å². The molecule has 0 amide bonds. The molecule has 0 unspecified atom stereocenters. The van der Waals surface area contributed by atoms with Gasteiger partial charge < -0.3 is 4.90 Å². The first-order valence-corrected chi connectivity index (χ1v) is 3.33. The van der Waals surface area contributed by atoms with E-state index in [0.29, 0.717) is 5.70 Å². The Kier molecular flexibility index (Phi) is 4.18. The van der Waals surface area contributed by atoms with Crippen LogP contribution in [0.4, 0.5) is 0 Å². The van der Waals surface area contributed by atoms with Crippen LogP contribution in [0.15, 0.2) is 16.3 Å². The Labute approximate surface area is 72.0 Å². The Hall–Kier alpha value is -1.81. The molecule has 0 saturated carbocycles. The molecule has 0 spiro atoms. The molecule has 0 saturated heterocycles. The lowest BCUT2D eigenvalue weighted by molar-refractivity contribution is 0.642. The van der Waals surface area contributed by atoms with E-state index < -0.39 is 0 Å². The van der Waals surface area contributed by atoms with Crippen LogP contribution in [-0.4, -0.2) is 25.3 Å². The highest BCUT2D eigenvalue weighted by Crippen LogP contribution is 2.01. The second kappa shape index (κ2) is 4.92. The third-order valence-corrected chi connectivity index (χ3v) is 1.07. The molecule has 0 N–H and O–H groups in total. The Morgan fingerprint density at radius 1 is 1.33 bits per heavy atom. The van der Waals surface area contributed by atoms with E-state index in [1.807, 2.05) is 14.1 Å². The molecule has 0 rings (SSSR count). The fraction of sp³-hybridized carbons (Fsp3) is 0.375. The Bertz CT molecular complexity index is 269. The largest absolute Gasteiger partial charge is 0.369 e. The highest BCUT2D eigenvalue weighted by Gasteiger charge is 1.96. The molecule has 0 aromatic heterocycles. The minimum Gasteiger partial charge on any atom is -0.369 e. The van der Waals surface area contributed by atoms with Crippen LogP contribution in [0.1, 0.15) is 6.92 Å². The minimum absolute atomic E-state index is 0.0492. The third-order valence-electron chi connectivity index (χ3n) is 1.07. The van der Waals surface area contributed by atoms with Gasteiger partial charge in [-0.25, -0.2) is 4.99 Å². The number of hydrogen-bond donors (Lipinski definition) is 0. The lowest BCUT2D eigenvalue weighted by Gasteiger charge is -2.01. The predicted molar refractivity (Wildman–Crippen MR) is 46.1 cm³/mol. The van der Waals surface area contributed by atoms with Crippen LogP contribution in [0.5, 0.6) is 0 Å². The Morgan fingerprint density at radius 2 is 1.83 bits per heavy atom. The van der Waals surface area contributed by atoms with Crippen LogP contribution < -0.4 is 0 Å². The van der Waals surface area contributed by atoms with Gasteiger partial charge in [0.25, 0.3) is 0 Å². The van der Waals surface area contributed by atoms with E-state index in [1.54, 1.807) is 30.3 Å². The fourth-order valence-corrected chi connectivity index (χ4v) is 0.453. The second-order valence-corrected chi connectivity index (χ2v) is 2.39. The summed E-state index contributed by atoms with van der Waals surface area (Å²) in [6.45, 7) is 1.63. The number of nitrogens with zero attached hydrogens (tertiary/aromatic N) is 4. The van der Waals surface area contributed by atoms with Crippen molar-refractivity contribution in [1.29, 1.82) is 10.5 Å². The molecule has 0 bridgehead atoms. The van der Waals surface area contributed by atoms with E-state index in [0.717, 1.165) is 0 Å². The summed E-state index contributed by atoms with van der Waals surface area (Å²) in [6.07, 6.45) is 1.55. The lowest BCUT2D eigenvalue weighted by Crippen LogP contribution is -2.07. The van der Waals surface area contributed by atoms with Gasteiger partial charge in [0.15, 0.2) is 5.57 Å². The summed E-state index contributed by atoms with van der Waals surface area (Å²) in [6, 6.07) is 3.52. The molecule has 0 atom stereocenters. The first-order chi connectivity index (χ1) is 5.61. The zero-order chi connectivity index (χ0) is 9.56. The highest BCUT2D eigenvalue weighted by molar-refractivity contribution is 5.57. The average molecular weight is 162 g/mol. The zero-order valence-electron chi connectivity index (χ0n) is 7.37. The summed E-state index contributed by atoms with van der Waals surface area (Å²) in [5.41, 5.74) is 0.488. The standard InChI is InChI=1S/C8H10N4/c1-7(8(4-9)5-10)11-6-12(2)3/h6H,1-3H3. The van der Waals surface area contributed by atoms with Gasteiger partial charge in [-0.05, 0) is 6.92 Å². The van der Waals surface area contributed by atoms with E-state index in [4.69, 9.17) is 10.5 Å². The molecule has 0 heterocycles. The Morgan fingerprint density at radius 3 is 2.17 bits per heavy atom. The third kappa shape index (κ3) is 3.38. The van der Waals surface area contributed by atoms with Crippen molar-refractivity contribution in [3.05, 3.63) is 11.3 Å². The molecule has 0 fully saturated rings. The molecule has 0 aliphatic heterocycles. The first kappa shape index (κ1) is 10.2. The van der Waals surface area contributed by atoms with Gasteiger partial charge in [-0.3, -0.25) is 0 Å². The molecular weight excluding hydrogens is 152 g/mol. The van der Waals surface area contributed by atoms with Gasteiger partial charge in [0.2, 0.25) is 0 Å². The molecule has 4 nitrogen and oxygen atoms in total. The predicted octanol–water partition coefficient (Wildman–Crippen LogP) is 0.897. The van der Waals surface area contributed by atoms with Gasteiger partial charge >= 0.3 is 0 Å². The molecule has 12 heavy (non-hydrogen) atoms. The van der Waals surface area contributed by atoms with Crippen molar-refractivity contribution in [3.8, 4) is 12.1 Å². The highest BCUT2D eigenvalue weighted by atomic mass is 15.1. The van der Waals surface area contributed by atoms with E-state index in [1.165, 1.54) is 0 Å². The molecule has 0 aromatic rings. The molecule has 0 aliphatic carbocycles. The van der Waals surface area contributed by atoms with Crippen LogP contribution >= 0.6 is 0 Å². The maximum atomic E-state index is 8.44. The topological polar surface area (TPSA) is 63.2 Å². The van der Waals surface area contributed by atoms with Gasteiger partial charge in [0, 0.05) is 14.1 Å². The van der Waals surface area contributed by atoms with Crippen molar-refractivity contribution < 1.29 is 0 Å². The Balaban J connectivity index is 4.61. The van der Waals surface area contributed by atoms with Gasteiger partial charge in [-0.2, -0.15) is 10.5 Å². The lowest BCUT2D eigenvalue weighted by atomic mass is 10.3. The summed E-state index contributed by atoms with van der Waals surface area (Å²) in [7, 11) is 3.63. The fourth-order valence-electron chi connectivity index (χ4n) is 0.453. The normalized spacial score (nSPS) is 8.75. The summed E-state index contributed by atoms with van der Waals surface area (Å²) in [4.78, 5) is 5.63. The number of rotatable bonds is 2. The molecular formula is C8H10N4. The molecule has 0 radical (unpaired) electrons. The van der Waals surface area contributed by atoms with Crippen molar-refractivity contribution in [2.45, 2.75) is 6.92 Å².